The Labute approximate surface area is 203 Å². The van der Waals surface area contributed by atoms with Crippen molar-refractivity contribution in [3.05, 3.63) is 0 Å². The fourth-order valence-electron chi connectivity index (χ4n) is 4.59. The van der Waals surface area contributed by atoms with E-state index in [1.54, 1.807) is 0 Å². The maximum atomic E-state index is 12.5. The summed E-state index contributed by atoms with van der Waals surface area (Å²) in [6, 6.07) is 0. The van der Waals surface area contributed by atoms with E-state index >= 15 is 0 Å². The largest absolute Gasteiger partial charge is 0.465 e. The van der Waals surface area contributed by atoms with Crippen LogP contribution in [0.3, 0.4) is 0 Å². The number of carbonyl (C=O) groups excluding carboxylic acids is 1. The second-order valence-corrected chi connectivity index (χ2v) is 10.4. The predicted molar refractivity (Wildman–Crippen MR) is 142 cm³/mol. The minimum atomic E-state index is 0.0435. The third-order valence-electron chi connectivity index (χ3n) is 7.04. The number of unbranched alkanes of at least 4 members (excludes halogenated alkanes) is 16. The fraction of sp³-hybridized carbons (Fsp3) is 0.967. The fourth-order valence-corrected chi connectivity index (χ4v) is 4.59. The van der Waals surface area contributed by atoms with Crippen LogP contribution in [0.4, 0.5) is 0 Å². The van der Waals surface area contributed by atoms with Gasteiger partial charge >= 0.3 is 5.97 Å². The number of rotatable bonds is 25. The zero-order valence-electron chi connectivity index (χ0n) is 22.7. The Morgan fingerprint density at radius 3 is 1.38 bits per heavy atom. The molecule has 32 heavy (non-hydrogen) atoms. The van der Waals surface area contributed by atoms with Crippen LogP contribution >= 0.6 is 0 Å². The molecule has 0 saturated carbocycles. The van der Waals surface area contributed by atoms with Gasteiger partial charge in [-0.1, -0.05) is 150 Å². The molecule has 0 rings (SSSR count). The van der Waals surface area contributed by atoms with Gasteiger partial charge in [-0.2, -0.15) is 0 Å². The van der Waals surface area contributed by atoms with Gasteiger partial charge in [0.1, 0.15) is 0 Å². The van der Waals surface area contributed by atoms with Crippen LogP contribution in [0.2, 0.25) is 0 Å². The van der Waals surface area contributed by atoms with Crippen molar-refractivity contribution in [3.63, 3.8) is 0 Å². The normalized spacial score (nSPS) is 13.2. The Morgan fingerprint density at radius 1 is 0.531 bits per heavy atom. The lowest BCUT2D eigenvalue weighted by atomic mass is 9.95. The van der Waals surface area contributed by atoms with E-state index in [0.717, 1.165) is 6.42 Å². The van der Waals surface area contributed by atoms with Gasteiger partial charge < -0.3 is 4.74 Å². The van der Waals surface area contributed by atoms with Crippen molar-refractivity contribution in [2.75, 3.05) is 6.61 Å². The average molecular weight is 453 g/mol. The molecular formula is C30H60O2. The summed E-state index contributed by atoms with van der Waals surface area (Å²) in [5.74, 6) is 0.676. The van der Waals surface area contributed by atoms with Gasteiger partial charge in [0.25, 0.3) is 0 Å². The maximum Gasteiger partial charge on any atom is 0.308 e. The van der Waals surface area contributed by atoms with Crippen molar-refractivity contribution in [1.82, 2.24) is 0 Å². The maximum absolute atomic E-state index is 12.5. The highest BCUT2D eigenvalue weighted by Gasteiger charge is 2.17. The highest BCUT2D eigenvalue weighted by molar-refractivity contribution is 5.71. The van der Waals surface area contributed by atoms with Crippen LogP contribution in [-0.4, -0.2) is 12.6 Å². The molecule has 0 radical (unpaired) electrons. The molecule has 0 aromatic rings. The first-order valence-electron chi connectivity index (χ1n) is 14.8. The Kier molecular flexibility index (Phi) is 24.7. The summed E-state index contributed by atoms with van der Waals surface area (Å²) in [6.45, 7) is 9.52. The number of ether oxygens (including phenoxy) is 1. The molecule has 192 valence electrons. The van der Waals surface area contributed by atoms with Crippen molar-refractivity contribution in [2.24, 2.45) is 11.8 Å². The Hall–Kier alpha value is -0.530. The third-order valence-corrected chi connectivity index (χ3v) is 7.04. The van der Waals surface area contributed by atoms with Gasteiger partial charge in [-0.25, -0.2) is 0 Å². The molecule has 2 heteroatoms. The molecule has 0 aromatic heterocycles. The highest BCUT2D eigenvalue weighted by atomic mass is 16.5. The van der Waals surface area contributed by atoms with Crippen LogP contribution in [0, 0.1) is 11.8 Å². The monoisotopic (exact) mass is 452 g/mol. The second kappa shape index (κ2) is 25.1. The second-order valence-electron chi connectivity index (χ2n) is 10.4. The summed E-state index contributed by atoms with van der Waals surface area (Å²) < 4.78 is 5.78. The summed E-state index contributed by atoms with van der Waals surface area (Å²) in [5.41, 5.74) is 0. The molecule has 2 nitrogen and oxygen atoms in total. The number of hydrogen-bond acceptors (Lipinski definition) is 2. The molecule has 0 N–H and O–H groups in total. The van der Waals surface area contributed by atoms with Crippen molar-refractivity contribution >= 4 is 5.97 Å². The molecular weight excluding hydrogens is 392 g/mol. The van der Waals surface area contributed by atoms with Crippen LogP contribution in [0.25, 0.3) is 0 Å². The summed E-state index contributed by atoms with van der Waals surface area (Å²) in [5, 5.41) is 0. The minimum Gasteiger partial charge on any atom is -0.465 e. The molecule has 0 saturated heterocycles. The van der Waals surface area contributed by atoms with E-state index in [-0.39, 0.29) is 11.9 Å². The number of carbonyl (C=O) groups is 1. The van der Waals surface area contributed by atoms with Crippen LogP contribution in [0.1, 0.15) is 169 Å². The lowest BCUT2D eigenvalue weighted by molar-refractivity contribution is -0.149. The summed E-state index contributed by atoms with van der Waals surface area (Å²) in [7, 11) is 0. The Balaban J connectivity index is 3.82. The van der Waals surface area contributed by atoms with Gasteiger partial charge in [-0.15, -0.1) is 0 Å². The first-order valence-corrected chi connectivity index (χ1v) is 14.8. The van der Waals surface area contributed by atoms with Crippen LogP contribution in [-0.2, 0) is 9.53 Å². The lowest BCUT2D eigenvalue weighted by Gasteiger charge is -2.18. The molecule has 0 aliphatic heterocycles. The summed E-state index contributed by atoms with van der Waals surface area (Å²) in [6.07, 6.45) is 28.9. The van der Waals surface area contributed by atoms with Gasteiger partial charge in [0.2, 0.25) is 0 Å². The van der Waals surface area contributed by atoms with Gasteiger partial charge in [-0.05, 0) is 25.2 Å². The predicted octanol–water partition coefficient (Wildman–Crippen LogP) is 10.4. The van der Waals surface area contributed by atoms with Crippen molar-refractivity contribution < 1.29 is 9.53 Å². The standard InChI is InChI=1S/C30H60O2/c1-5-8-11-13-15-16-17-19-20-22-24-28(4)30(31)32-27-29(25-10-7-3)26-23-21-18-14-12-9-6-2/h28-29H,5-27H2,1-4H3. The van der Waals surface area contributed by atoms with Crippen LogP contribution in [0.5, 0.6) is 0 Å². The van der Waals surface area contributed by atoms with E-state index < -0.39 is 0 Å². The number of hydrogen-bond donors (Lipinski definition) is 0. The minimum absolute atomic E-state index is 0.0435. The van der Waals surface area contributed by atoms with E-state index in [2.05, 4.69) is 27.7 Å². The van der Waals surface area contributed by atoms with Crippen molar-refractivity contribution in [3.8, 4) is 0 Å². The van der Waals surface area contributed by atoms with E-state index in [0.29, 0.717) is 12.5 Å². The average Bonchev–Trinajstić information content (AvgIpc) is 2.80. The highest BCUT2D eigenvalue weighted by Crippen LogP contribution is 2.20. The van der Waals surface area contributed by atoms with E-state index in [9.17, 15) is 4.79 Å². The number of esters is 1. The van der Waals surface area contributed by atoms with Crippen molar-refractivity contribution in [2.45, 2.75) is 169 Å². The molecule has 0 aliphatic carbocycles. The molecule has 2 unspecified atom stereocenters. The zero-order valence-corrected chi connectivity index (χ0v) is 22.7. The van der Waals surface area contributed by atoms with Gasteiger partial charge in [0.15, 0.2) is 0 Å². The quantitative estimate of drug-likeness (QED) is 0.102. The first-order chi connectivity index (χ1) is 15.7. The lowest BCUT2D eigenvalue weighted by Crippen LogP contribution is -2.19. The molecule has 0 bridgehead atoms. The summed E-state index contributed by atoms with van der Waals surface area (Å²) >= 11 is 0. The molecule has 0 aromatic carbocycles. The Morgan fingerprint density at radius 2 is 0.906 bits per heavy atom. The van der Waals surface area contributed by atoms with E-state index in [1.165, 1.54) is 135 Å². The SMILES string of the molecule is CCCCCCCCCCCCC(C)C(=O)OCC(CCCC)CCCCCCCCC. The molecule has 0 spiro atoms. The zero-order chi connectivity index (χ0) is 23.7. The molecule has 0 aliphatic rings. The van der Waals surface area contributed by atoms with Gasteiger partial charge in [-0.3, -0.25) is 4.79 Å². The molecule has 0 heterocycles. The van der Waals surface area contributed by atoms with Gasteiger partial charge in [0.05, 0.1) is 12.5 Å². The molecule has 2 atom stereocenters. The van der Waals surface area contributed by atoms with E-state index in [1.807, 2.05) is 0 Å². The topological polar surface area (TPSA) is 26.3 Å². The van der Waals surface area contributed by atoms with Crippen LogP contribution in [0.15, 0.2) is 0 Å². The van der Waals surface area contributed by atoms with Crippen LogP contribution < -0.4 is 0 Å². The summed E-state index contributed by atoms with van der Waals surface area (Å²) in [4.78, 5) is 12.5. The smallest absolute Gasteiger partial charge is 0.308 e. The van der Waals surface area contributed by atoms with Gasteiger partial charge in [0, 0.05) is 0 Å². The molecule has 0 fully saturated rings. The Bertz CT molecular complexity index is 379. The van der Waals surface area contributed by atoms with Crippen molar-refractivity contribution in [1.29, 1.82) is 0 Å². The first kappa shape index (κ1) is 31.5. The van der Waals surface area contributed by atoms with E-state index in [4.69, 9.17) is 4.74 Å². The third kappa shape index (κ3) is 21.3. The molecule has 0 amide bonds.